The summed E-state index contributed by atoms with van der Waals surface area (Å²) in [6.07, 6.45) is 1.47. The largest absolute Gasteiger partial charge is 0.493 e. The fourth-order valence-electron chi connectivity index (χ4n) is 1.59. The summed E-state index contributed by atoms with van der Waals surface area (Å²) >= 11 is 3.40. The van der Waals surface area contributed by atoms with Gasteiger partial charge in [-0.2, -0.15) is 5.10 Å². The standard InChI is InChI=1S/C12H14BrN3O3/c1-16-11(14-7-15-16)6-19-12-9(13)3-8(5-17)4-10(12)18-2/h3-4,7,17H,5-6H2,1-2H3. The Morgan fingerprint density at radius 3 is 2.79 bits per heavy atom. The summed E-state index contributed by atoms with van der Waals surface area (Å²) in [5.74, 6) is 1.84. The summed E-state index contributed by atoms with van der Waals surface area (Å²) in [4.78, 5) is 4.08. The highest BCUT2D eigenvalue weighted by atomic mass is 79.9. The molecule has 0 amide bonds. The van der Waals surface area contributed by atoms with Gasteiger partial charge in [0.1, 0.15) is 12.9 Å². The van der Waals surface area contributed by atoms with Crippen molar-refractivity contribution in [2.75, 3.05) is 7.11 Å². The zero-order valence-electron chi connectivity index (χ0n) is 10.6. The van der Waals surface area contributed by atoms with Crippen LogP contribution in [-0.4, -0.2) is 27.0 Å². The normalized spacial score (nSPS) is 10.5. The van der Waals surface area contributed by atoms with Crippen LogP contribution in [0.5, 0.6) is 11.5 Å². The Bertz CT molecular complexity index is 571. The number of ether oxygens (including phenoxy) is 2. The van der Waals surface area contributed by atoms with Gasteiger partial charge in [0, 0.05) is 7.05 Å². The van der Waals surface area contributed by atoms with Gasteiger partial charge < -0.3 is 14.6 Å². The summed E-state index contributed by atoms with van der Waals surface area (Å²) in [7, 11) is 3.35. The zero-order valence-corrected chi connectivity index (χ0v) is 12.2. The number of aryl methyl sites for hydroxylation is 1. The summed E-state index contributed by atoms with van der Waals surface area (Å²) in [5, 5.41) is 13.1. The molecule has 0 bridgehead atoms. The third-order valence-corrected chi connectivity index (χ3v) is 3.21. The van der Waals surface area contributed by atoms with Crippen LogP contribution in [0.1, 0.15) is 11.4 Å². The van der Waals surface area contributed by atoms with Crippen LogP contribution in [0.4, 0.5) is 0 Å². The Labute approximate surface area is 119 Å². The number of benzene rings is 1. The Morgan fingerprint density at radius 2 is 2.21 bits per heavy atom. The molecule has 0 atom stereocenters. The molecule has 2 rings (SSSR count). The average molecular weight is 328 g/mol. The molecule has 0 aliphatic heterocycles. The van der Waals surface area contributed by atoms with Crippen molar-refractivity contribution in [1.82, 2.24) is 14.8 Å². The van der Waals surface area contributed by atoms with Gasteiger partial charge in [0.25, 0.3) is 0 Å². The van der Waals surface area contributed by atoms with Crippen LogP contribution in [0.25, 0.3) is 0 Å². The number of nitrogens with zero attached hydrogens (tertiary/aromatic N) is 3. The van der Waals surface area contributed by atoms with Gasteiger partial charge in [0.2, 0.25) is 0 Å². The SMILES string of the molecule is COc1cc(CO)cc(Br)c1OCc1ncnn1C. The molecule has 1 heterocycles. The van der Waals surface area contributed by atoms with Crippen molar-refractivity contribution in [2.45, 2.75) is 13.2 Å². The van der Waals surface area contributed by atoms with Crippen LogP contribution in [0, 0.1) is 0 Å². The maximum absolute atomic E-state index is 9.15. The summed E-state index contributed by atoms with van der Waals surface area (Å²) in [5.41, 5.74) is 0.745. The van der Waals surface area contributed by atoms with Gasteiger partial charge in [0.05, 0.1) is 18.2 Å². The minimum absolute atomic E-state index is 0.0570. The first kappa shape index (κ1) is 13.8. The van der Waals surface area contributed by atoms with E-state index in [4.69, 9.17) is 14.6 Å². The van der Waals surface area contributed by atoms with Crippen molar-refractivity contribution in [1.29, 1.82) is 0 Å². The van der Waals surface area contributed by atoms with Gasteiger partial charge >= 0.3 is 0 Å². The molecule has 0 saturated heterocycles. The van der Waals surface area contributed by atoms with Crippen LogP contribution in [-0.2, 0) is 20.3 Å². The fraction of sp³-hybridized carbons (Fsp3) is 0.333. The van der Waals surface area contributed by atoms with E-state index in [-0.39, 0.29) is 13.2 Å². The van der Waals surface area contributed by atoms with E-state index >= 15 is 0 Å². The van der Waals surface area contributed by atoms with Crippen molar-refractivity contribution in [3.05, 3.63) is 34.3 Å². The van der Waals surface area contributed by atoms with Crippen molar-refractivity contribution in [2.24, 2.45) is 7.05 Å². The van der Waals surface area contributed by atoms with Crippen LogP contribution < -0.4 is 9.47 Å². The van der Waals surface area contributed by atoms with Crippen molar-refractivity contribution >= 4 is 15.9 Å². The van der Waals surface area contributed by atoms with Crippen LogP contribution in [0.2, 0.25) is 0 Å². The highest BCUT2D eigenvalue weighted by molar-refractivity contribution is 9.10. The number of hydrogen-bond donors (Lipinski definition) is 1. The number of aliphatic hydroxyl groups is 1. The van der Waals surface area contributed by atoms with E-state index in [9.17, 15) is 0 Å². The van der Waals surface area contributed by atoms with Gasteiger partial charge in [-0.3, -0.25) is 4.68 Å². The highest BCUT2D eigenvalue weighted by Crippen LogP contribution is 2.37. The third kappa shape index (κ3) is 3.05. The molecular formula is C12H14BrN3O3. The van der Waals surface area contributed by atoms with E-state index in [1.54, 1.807) is 31.0 Å². The number of rotatable bonds is 5. The Balaban J connectivity index is 2.22. The number of aliphatic hydroxyl groups excluding tert-OH is 1. The van der Waals surface area contributed by atoms with Crippen molar-refractivity contribution < 1.29 is 14.6 Å². The van der Waals surface area contributed by atoms with E-state index in [1.165, 1.54) is 6.33 Å². The van der Waals surface area contributed by atoms with E-state index in [0.29, 0.717) is 17.3 Å². The Kier molecular flexibility index (Phi) is 4.39. The monoisotopic (exact) mass is 327 g/mol. The first-order valence-electron chi connectivity index (χ1n) is 5.58. The third-order valence-electron chi connectivity index (χ3n) is 2.62. The highest BCUT2D eigenvalue weighted by Gasteiger charge is 2.12. The smallest absolute Gasteiger partial charge is 0.176 e. The first-order valence-corrected chi connectivity index (χ1v) is 6.38. The van der Waals surface area contributed by atoms with Crippen LogP contribution >= 0.6 is 15.9 Å². The molecule has 0 aliphatic carbocycles. The minimum Gasteiger partial charge on any atom is -0.493 e. The van der Waals surface area contributed by atoms with Gasteiger partial charge in [0.15, 0.2) is 17.3 Å². The number of halogens is 1. The lowest BCUT2D eigenvalue weighted by molar-refractivity contribution is 0.265. The lowest BCUT2D eigenvalue weighted by atomic mass is 10.2. The van der Waals surface area contributed by atoms with E-state index in [1.807, 2.05) is 0 Å². The van der Waals surface area contributed by atoms with Crippen LogP contribution in [0.15, 0.2) is 22.9 Å². The zero-order chi connectivity index (χ0) is 13.8. The quantitative estimate of drug-likeness (QED) is 0.904. The van der Waals surface area contributed by atoms with E-state index in [0.717, 1.165) is 10.0 Å². The molecule has 1 aromatic carbocycles. The molecule has 0 unspecified atom stereocenters. The minimum atomic E-state index is -0.0570. The number of aromatic nitrogens is 3. The predicted molar refractivity (Wildman–Crippen MR) is 72.0 cm³/mol. The second kappa shape index (κ2) is 6.03. The first-order chi connectivity index (χ1) is 9.15. The summed E-state index contributed by atoms with van der Waals surface area (Å²) < 4.78 is 13.3. The maximum Gasteiger partial charge on any atom is 0.176 e. The topological polar surface area (TPSA) is 69.4 Å². The maximum atomic E-state index is 9.15. The molecule has 0 aliphatic rings. The molecule has 0 radical (unpaired) electrons. The summed E-state index contributed by atoms with van der Waals surface area (Å²) in [6, 6.07) is 3.52. The molecule has 0 saturated carbocycles. The van der Waals surface area contributed by atoms with E-state index in [2.05, 4.69) is 26.0 Å². The predicted octanol–water partition coefficient (Wildman–Crippen LogP) is 1.66. The average Bonchev–Trinajstić information content (AvgIpc) is 2.82. The Hall–Kier alpha value is -1.60. The van der Waals surface area contributed by atoms with Crippen LogP contribution in [0.3, 0.4) is 0 Å². The van der Waals surface area contributed by atoms with Crippen molar-refractivity contribution in [3.63, 3.8) is 0 Å². The number of methoxy groups -OCH3 is 1. The Morgan fingerprint density at radius 1 is 1.42 bits per heavy atom. The van der Waals surface area contributed by atoms with Gasteiger partial charge in [-0.05, 0) is 33.6 Å². The second-order valence-corrected chi connectivity index (χ2v) is 4.71. The molecule has 1 aromatic heterocycles. The molecule has 2 aromatic rings. The fourth-order valence-corrected chi connectivity index (χ4v) is 2.20. The lowest BCUT2D eigenvalue weighted by Gasteiger charge is -2.13. The molecule has 102 valence electrons. The molecule has 19 heavy (non-hydrogen) atoms. The molecule has 6 nitrogen and oxygen atoms in total. The van der Waals surface area contributed by atoms with Gasteiger partial charge in [-0.15, -0.1) is 0 Å². The second-order valence-electron chi connectivity index (χ2n) is 3.86. The number of hydrogen-bond acceptors (Lipinski definition) is 5. The molecule has 1 N–H and O–H groups in total. The molecule has 7 heteroatoms. The lowest BCUT2D eigenvalue weighted by Crippen LogP contribution is -2.05. The molecular weight excluding hydrogens is 314 g/mol. The summed E-state index contributed by atoms with van der Waals surface area (Å²) in [6.45, 7) is 0.225. The molecule has 0 fully saturated rings. The van der Waals surface area contributed by atoms with Gasteiger partial charge in [-0.1, -0.05) is 0 Å². The van der Waals surface area contributed by atoms with E-state index < -0.39 is 0 Å². The molecule has 0 spiro atoms. The van der Waals surface area contributed by atoms with Crippen molar-refractivity contribution in [3.8, 4) is 11.5 Å². The van der Waals surface area contributed by atoms with Gasteiger partial charge in [-0.25, -0.2) is 4.98 Å².